The summed E-state index contributed by atoms with van der Waals surface area (Å²) >= 11 is 0. The monoisotopic (exact) mass is 384 g/mol. The molecule has 0 radical (unpaired) electrons. The molecule has 0 saturated carbocycles. The average molecular weight is 384 g/mol. The number of fused-ring (bicyclic) bond motifs is 2. The summed E-state index contributed by atoms with van der Waals surface area (Å²) in [7, 11) is 3.76. The second kappa shape index (κ2) is 7.98. The minimum absolute atomic E-state index is 0.0176. The van der Waals surface area contributed by atoms with Crippen LogP contribution in [0.4, 0.5) is 0 Å². The highest BCUT2D eigenvalue weighted by atomic mass is 16.7. The number of rotatable bonds is 6. The fourth-order valence-electron chi connectivity index (χ4n) is 3.34. The van der Waals surface area contributed by atoms with Gasteiger partial charge < -0.3 is 28.7 Å². The molecular weight excluding hydrogens is 360 g/mol. The van der Waals surface area contributed by atoms with Crippen molar-refractivity contribution in [2.24, 2.45) is 0 Å². The number of likely N-dealkylation sites (N-methyl/N-ethyl adjacent to an activating group) is 1. The van der Waals surface area contributed by atoms with Gasteiger partial charge in [0.2, 0.25) is 12.7 Å². The second-order valence-electron chi connectivity index (χ2n) is 7.16. The van der Waals surface area contributed by atoms with Crippen LogP contribution in [0.25, 0.3) is 0 Å². The maximum absolute atomic E-state index is 12.9. The summed E-state index contributed by atoms with van der Waals surface area (Å²) < 4.78 is 22.9. The van der Waals surface area contributed by atoms with Gasteiger partial charge in [-0.25, -0.2) is 0 Å². The fourth-order valence-corrected chi connectivity index (χ4v) is 3.34. The van der Waals surface area contributed by atoms with Crippen LogP contribution < -0.4 is 18.9 Å². The molecule has 0 bridgehead atoms. The summed E-state index contributed by atoms with van der Waals surface area (Å²) in [6.07, 6.45) is -0.241. The molecule has 2 aliphatic rings. The number of amides is 1. The van der Waals surface area contributed by atoms with E-state index in [-0.39, 0.29) is 18.8 Å². The van der Waals surface area contributed by atoms with Crippen LogP contribution >= 0.6 is 0 Å². The van der Waals surface area contributed by atoms with Crippen molar-refractivity contribution in [3.8, 4) is 23.0 Å². The molecule has 2 aliphatic heterocycles. The van der Waals surface area contributed by atoms with E-state index in [2.05, 4.69) is 0 Å². The number of para-hydroxylation sites is 3. The van der Waals surface area contributed by atoms with Crippen LogP contribution in [0.15, 0.2) is 42.5 Å². The predicted octanol–water partition coefficient (Wildman–Crippen LogP) is 2.15. The topological polar surface area (TPSA) is 60.5 Å². The number of carbonyl (C=O) groups excluding carboxylic acids is 1. The molecule has 0 unspecified atom stereocenters. The van der Waals surface area contributed by atoms with E-state index in [1.165, 1.54) is 0 Å². The molecule has 2 heterocycles. The quantitative estimate of drug-likeness (QED) is 0.761. The molecule has 0 N–H and O–H groups in total. The SMILES string of the molecule is CN(C)CC(=O)N(Cc1cccc2c1OCO2)C[C@@H]1COc2ccccc2O1. The van der Waals surface area contributed by atoms with E-state index in [9.17, 15) is 4.79 Å². The fraction of sp³-hybridized carbons (Fsp3) is 0.381. The van der Waals surface area contributed by atoms with Gasteiger partial charge in [-0.3, -0.25) is 4.79 Å². The van der Waals surface area contributed by atoms with Crippen molar-refractivity contribution in [3.63, 3.8) is 0 Å². The highest BCUT2D eigenvalue weighted by Gasteiger charge is 2.27. The maximum Gasteiger partial charge on any atom is 0.237 e. The third kappa shape index (κ3) is 3.99. The van der Waals surface area contributed by atoms with Crippen LogP contribution in [0.1, 0.15) is 5.56 Å². The minimum atomic E-state index is -0.241. The van der Waals surface area contributed by atoms with Gasteiger partial charge in [0.25, 0.3) is 0 Å². The Morgan fingerprint density at radius 2 is 1.79 bits per heavy atom. The molecule has 2 aromatic carbocycles. The lowest BCUT2D eigenvalue weighted by molar-refractivity contribution is -0.134. The number of nitrogens with zero attached hydrogens (tertiary/aromatic N) is 2. The molecule has 0 spiro atoms. The number of ether oxygens (including phenoxy) is 4. The molecule has 148 valence electrons. The smallest absolute Gasteiger partial charge is 0.237 e. The first-order valence-corrected chi connectivity index (χ1v) is 9.28. The van der Waals surface area contributed by atoms with E-state index in [1.54, 1.807) is 4.90 Å². The summed E-state index contributed by atoms with van der Waals surface area (Å²) in [6.45, 7) is 1.76. The third-order valence-electron chi connectivity index (χ3n) is 4.64. The van der Waals surface area contributed by atoms with Crippen molar-refractivity contribution in [3.05, 3.63) is 48.0 Å². The first-order valence-electron chi connectivity index (χ1n) is 9.28. The molecule has 4 rings (SSSR count). The molecule has 7 nitrogen and oxygen atoms in total. The zero-order valence-electron chi connectivity index (χ0n) is 16.1. The Morgan fingerprint density at radius 3 is 2.61 bits per heavy atom. The Morgan fingerprint density at radius 1 is 1.00 bits per heavy atom. The lowest BCUT2D eigenvalue weighted by Crippen LogP contribution is -2.45. The summed E-state index contributed by atoms with van der Waals surface area (Å²) in [4.78, 5) is 16.5. The Bertz CT molecular complexity index is 854. The molecule has 1 atom stereocenters. The van der Waals surface area contributed by atoms with E-state index >= 15 is 0 Å². The molecule has 1 amide bonds. The molecule has 0 aliphatic carbocycles. The molecule has 0 aromatic heterocycles. The van der Waals surface area contributed by atoms with Crippen molar-refractivity contribution < 1.29 is 23.7 Å². The minimum Gasteiger partial charge on any atom is -0.486 e. The number of hydrogen-bond acceptors (Lipinski definition) is 6. The molecular formula is C21H24N2O5. The average Bonchev–Trinajstić information content (AvgIpc) is 3.16. The van der Waals surface area contributed by atoms with Crippen LogP contribution in [0.5, 0.6) is 23.0 Å². The third-order valence-corrected chi connectivity index (χ3v) is 4.64. The molecule has 0 saturated heterocycles. The highest BCUT2D eigenvalue weighted by molar-refractivity contribution is 5.78. The molecule has 2 aromatic rings. The van der Waals surface area contributed by atoms with Gasteiger partial charge in [0.15, 0.2) is 29.1 Å². The van der Waals surface area contributed by atoms with Gasteiger partial charge in [-0.1, -0.05) is 24.3 Å². The Kier molecular flexibility index (Phi) is 5.25. The molecule has 0 fully saturated rings. The normalized spacial score (nSPS) is 16.9. The van der Waals surface area contributed by atoms with Crippen molar-refractivity contribution >= 4 is 5.91 Å². The van der Waals surface area contributed by atoms with Gasteiger partial charge in [0.05, 0.1) is 13.1 Å². The Balaban J connectivity index is 1.51. The summed E-state index contributed by atoms with van der Waals surface area (Å²) in [5.41, 5.74) is 0.916. The van der Waals surface area contributed by atoms with Crippen LogP contribution in [-0.4, -0.2) is 62.4 Å². The van der Waals surface area contributed by atoms with E-state index in [0.29, 0.717) is 43.5 Å². The summed E-state index contributed by atoms with van der Waals surface area (Å²) in [6, 6.07) is 13.3. The summed E-state index contributed by atoms with van der Waals surface area (Å²) in [5.74, 6) is 2.87. The highest BCUT2D eigenvalue weighted by Crippen LogP contribution is 2.36. The van der Waals surface area contributed by atoms with E-state index in [0.717, 1.165) is 11.3 Å². The molecule has 28 heavy (non-hydrogen) atoms. The lowest BCUT2D eigenvalue weighted by atomic mass is 10.1. The van der Waals surface area contributed by atoms with Gasteiger partial charge in [-0.05, 0) is 32.3 Å². The van der Waals surface area contributed by atoms with Gasteiger partial charge in [0, 0.05) is 12.1 Å². The van der Waals surface area contributed by atoms with Crippen molar-refractivity contribution in [1.29, 1.82) is 0 Å². The Hall–Kier alpha value is -2.93. The van der Waals surface area contributed by atoms with E-state index in [4.69, 9.17) is 18.9 Å². The first-order chi connectivity index (χ1) is 13.6. The number of hydrogen-bond donors (Lipinski definition) is 0. The van der Waals surface area contributed by atoms with Crippen LogP contribution in [0.2, 0.25) is 0 Å². The molecule has 7 heteroatoms. The number of carbonyl (C=O) groups is 1. The van der Waals surface area contributed by atoms with Crippen molar-refractivity contribution in [1.82, 2.24) is 9.80 Å². The Labute approximate surface area is 164 Å². The van der Waals surface area contributed by atoms with Gasteiger partial charge in [-0.15, -0.1) is 0 Å². The van der Waals surface area contributed by atoms with Crippen LogP contribution in [0, 0.1) is 0 Å². The van der Waals surface area contributed by atoms with Gasteiger partial charge in [0.1, 0.15) is 6.61 Å². The van der Waals surface area contributed by atoms with E-state index in [1.807, 2.05) is 61.5 Å². The van der Waals surface area contributed by atoms with E-state index < -0.39 is 0 Å². The maximum atomic E-state index is 12.9. The lowest BCUT2D eigenvalue weighted by Gasteiger charge is -2.32. The van der Waals surface area contributed by atoms with Crippen LogP contribution in [-0.2, 0) is 11.3 Å². The summed E-state index contributed by atoms with van der Waals surface area (Å²) in [5, 5.41) is 0. The first kappa shape index (κ1) is 18.4. The van der Waals surface area contributed by atoms with Crippen molar-refractivity contribution in [2.75, 3.05) is 40.6 Å². The van der Waals surface area contributed by atoms with Crippen molar-refractivity contribution in [2.45, 2.75) is 12.6 Å². The van der Waals surface area contributed by atoms with Gasteiger partial charge in [-0.2, -0.15) is 0 Å². The zero-order valence-corrected chi connectivity index (χ0v) is 16.1. The zero-order chi connectivity index (χ0) is 19.5. The largest absolute Gasteiger partial charge is 0.486 e. The second-order valence-corrected chi connectivity index (χ2v) is 7.16. The number of benzene rings is 2. The van der Waals surface area contributed by atoms with Gasteiger partial charge >= 0.3 is 0 Å². The standard InChI is InChI=1S/C21H24N2O5/c1-22(2)12-20(24)23(10-15-6-5-9-19-21(15)27-14-26-19)11-16-13-25-17-7-3-4-8-18(17)28-16/h3-9,16H,10-14H2,1-2H3/t16-/m1/s1. The predicted molar refractivity (Wildman–Crippen MR) is 103 cm³/mol. The van der Waals surface area contributed by atoms with Crippen LogP contribution in [0.3, 0.4) is 0 Å².